The van der Waals surface area contributed by atoms with Gasteiger partial charge in [0.15, 0.2) is 22.4 Å². The fourth-order valence-electron chi connectivity index (χ4n) is 4.44. The Kier molecular flexibility index (Phi) is 11.6. The first kappa shape index (κ1) is 35.9. The molecule has 7 N–H and O–H groups in total. The summed E-state index contributed by atoms with van der Waals surface area (Å²) in [6, 6.07) is 15.0. The molecule has 15 heteroatoms. The maximum atomic E-state index is 12.3. The third-order valence-electron chi connectivity index (χ3n) is 6.82. The third-order valence-corrected chi connectivity index (χ3v) is 6.82. The summed E-state index contributed by atoms with van der Waals surface area (Å²) < 4.78 is 21.4. The van der Waals surface area contributed by atoms with E-state index in [-0.39, 0.29) is 58.2 Å². The van der Waals surface area contributed by atoms with Crippen molar-refractivity contribution >= 4 is 33.9 Å². The number of nitrogens with one attached hydrogen (secondary N) is 1. The number of carboxylic acids is 2. The molecule has 0 bridgehead atoms. The van der Waals surface area contributed by atoms with E-state index in [2.05, 4.69) is 5.32 Å². The highest BCUT2D eigenvalue weighted by Gasteiger charge is 2.18. The van der Waals surface area contributed by atoms with E-state index >= 15 is 0 Å². The Morgan fingerprint density at radius 2 is 1.22 bits per heavy atom. The molecule has 0 radical (unpaired) electrons. The summed E-state index contributed by atoms with van der Waals surface area (Å²) in [6.45, 7) is 3.79. The quantitative estimate of drug-likeness (QED) is 0.0936. The number of rotatable bonds is 12. The van der Waals surface area contributed by atoms with Crippen LogP contribution >= 0.6 is 0 Å². The minimum Gasteiger partial charge on any atom is -0.504 e. The molecule has 2 aromatic heterocycles. The molecule has 258 valence electrons. The van der Waals surface area contributed by atoms with E-state index in [4.69, 9.17) is 33.6 Å². The summed E-state index contributed by atoms with van der Waals surface area (Å²) in [4.78, 5) is 46.8. The van der Waals surface area contributed by atoms with Crippen LogP contribution in [0.5, 0.6) is 23.0 Å². The normalized spacial score (nSPS) is 11.7. The predicted molar refractivity (Wildman–Crippen MR) is 174 cm³/mol. The Bertz CT molecular complexity index is 1970. The Morgan fingerprint density at radius 3 is 1.65 bits per heavy atom. The number of ether oxygens (including phenoxy) is 2. The number of hydrogen-bond donors (Lipinski definition) is 7. The van der Waals surface area contributed by atoms with Crippen molar-refractivity contribution in [3.8, 4) is 23.0 Å². The van der Waals surface area contributed by atoms with E-state index < -0.39 is 46.5 Å². The van der Waals surface area contributed by atoms with Gasteiger partial charge >= 0.3 is 11.9 Å². The van der Waals surface area contributed by atoms with Crippen molar-refractivity contribution in [2.24, 2.45) is 0 Å². The van der Waals surface area contributed by atoms with Gasteiger partial charge in [0.25, 0.3) is 0 Å². The van der Waals surface area contributed by atoms with Gasteiger partial charge in [-0.15, -0.1) is 0 Å². The lowest BCUT2D eigenvalue weighted by Gasteiger charge is -2.15. The molecule has 49 heavy (non-hydrogen) atoms. The summed E-state index contributed by atoms with van der Waals surface area (Å²) in [5.41, 5.74) is -0.641. The first-order chi connectivity index (χ1) is 23.2. The van der Waals surface area contributed by atoms with Crippen LogP contribution in [0.1, 0.15) is 46.6 Å². The van der Waals surface area contributed by atoms with Crippen LogP contribution in [0.4, 0.5) is 0 Å². The molecule has 0 amide bonds. The summed E-state index contributed by atoms with van der Waals surface area (Å²) in [6.07, 6.45) is -1.87. The average molecular weight is 680 g/mol. The molecule has 0 aliphatic heterocycles. The molecule has 1 atom stereocenters. The van der Waals surface area contributed by atoms with E-state index in [1.54, 1.807) is 6.07 Å². The van der Waals surface area contributed by atoms with Crippen LogP contribution in [0, 0.1) is 0 Å². The van der Waals surface area contributed by atoms with E-state index in [0.29, 0.717) is 18.2 Å². The lowest BCUT2D eigenvalue weighted by Crippen LogP contribution is -2.27. The third kappa shape index (κ3) is 9.13. The number of phenolic OH excluding ortho intramolecular Hbond substituents is 2. The van der Waals surface area contributed by atoms with E-state index in [0.717, 1.165) is 12.1 Å². The van der Waals surface area contributed by atoms with Crippen LogP contribution < -0.4 is 25.6 Å². The standard InChI is InChI=1S/C23H16O11.C11H17NO3/c24-11(9-31-14-3-1-5-16-20(14)12(25)7-18(33-16)22(27)28)10-32-15-4-2-6-17-21(15)13(26)8-19(34-17)23(29)30;1-7(2)12-6-11(15)8-3-4-9(13)10(14)5-8/h1-8,11,24H,9-10H2,(H,27,28)(H,29,30);3-5,7,11-15H,6H2,1-2H3. The topological polar surface area (TPSA) is 246 Å². The number of benzene rings is 3. The molecule has 0 fully saturated rings. The first-order valence-corrected chi connectivity index (χ1v) is 14.7. The van der Waals surface area contributed by atoms with E-state index in [1.165, 1.54) is 48.5 Å². The molecule has 15 nitrogen and oxygen atoms in total. The highest BCUT2D eigenvalue weighted by Crippen LogP contribution is 2.28. The SMILES string of the molecule is CC(C)NCC(O)c1ccc(O)c(O)c1.O=C(O)c1cc(=O)c2c(OCC(O)COc3cccc4oc(C(=O)O)cc(=O)c34)cccc2o1. The zero-order chi connectivity index (χ0) is 35.8. The number of hydrogen-bond acceptors (Lipinski definition) is 13. The first-order valence-electron chi connectivity index (χ1n) is 14.7. The maximum absolute atomic E-state index is 12.3. The number of carbonyl (C=O) groups is 2. The molecule has 2 heterocycles. The zero-order valence-electron chi connectivity index (χ0n) is 26.2. The Labute approximate surface area is 276 Å². The van der Waals surface area contributed by atoms with Crippen molar-refractivity contribution in [2.45, 2.75) is 32.1 Å². The molecule has 0 aliphatic rings. The second-order valence-electron chi connectivity index (χ2n) is 10.9. The molecule has 0 saturated carbocycles. The highest BCUT2D eigenvalue weighted by atomic mass is 16.5. The van der Waals surface area contributed by atoms with Crippen molar-refractivity contribution in [3.05, 3.63) is 104 Å². The number of aromatic hydroxyl groups is 2. The highest BCUT2D eigenvalue weighted by molar-refractivity contribution is 5.90. The van der Waals surface area contributed by atoms with Gasteiger partial charge < -0.3 is 54.3 Å². The van der Waals surface area contributed by atoms with E-state index in [9.17, 15) is 34.5 Å². The molecule has 3 aromatic carbocycles. The molecular weight excluding hydrogens is 646 g/mol. The molecule has 0 aliphatic carbocycles. The van der Waals surface area contributed by atoms with Crippen molar-refractivity contribution in [2.75, 3.05) is 19.8 Å². The monoisotopic (exact) mass is 679 g/mol. The molecule has 0 saturated heterocycles. The minimum absolute atomic E-state index is 0.0105. The van der Waals surface area contributed by atoms with Crippen molar-refractivity contribution in [3.63, 3.8) is 0 Å². The second-order valence-corrected chi connectivity index (χ2v) is 10.9. The van der Waals surface area contributed by atoms with E-state index in [1.807, 2.05) is 13.8 Å². The fourth-order valence-corrected chi connectivity index (χ4v) is 4.44. The van der Waals surface area contributed by atoms with Gasteiger partial charge in [0.2, 0.25) is 11.5 Å². The number of aliphatic hydroxyl groups excluding tert-OH is 2. The molecule has 0 spiro atoms. The smallest absolute Gasteiger partial charge is 0.371 e. The lowest BCUT2D eigenvalue weighted by atomic mass is 10.1. The van der Waals surface area contributed by atoms with Crippen LogP contribution in [-0.4, -0.2) is 74.5 Å². The number of carboxylic acid groups (broad SMARTS) is 2. The van der Waals surface area contributed by atoms with Crippen molar-refractivity contribution in [1.29, 1.82) is 0 Å². The van der Waals surface area contributed by atoms with Gasteiger partial charge in [-0.1, -0.05) is 32.0 Å². The van der Waals surface area contributed by atoms with Crippen LogP contribution in [0.3, 0.4) is 0 Å². The number of aromatic carboxylic acids is 2. The summed E-state index contributed by atoms with van der Waals surface area (Å²) in [5, 5.41) is 59.5. The summed E-state index contributed by atoms with van der Waals surface area (Å²) in [5.74, 6) is -4.04. The molecule has 5 rings (SSSR count). The van der Waals surface area contributed by atoms with Gasteiger partial charge in [0, 0.05) is 24.7 Å². The number of phenols is 2. The zero-order valence-corrected chi connectivity index (χ0v) is 26.2. The predicted octanol–water partition coefficient (Wildman–Crippen LogP) is 3.24. The maximum Gasteiger partial charge on any atom is 0.371 e. The Balaban J connectivity index is 0.000000302. The van der Waals surface area contributed by atoms with Crippen molar-refractivity contribution < 1.29 is 58.5 Å². The van der Waals surface area contributed by atoms with Crippen LogP contribution in [0.15, 0.2) is 85.2 Å². The lowest BCUT2D eigenvalue weighted by molar-refractivity contribution is 0.0636. The van der Waals surface area contributed by atoms with Crippen LogP contribution in [0.25, 0.3) is 21.9 Å². The van der Waals surface area contributed by atoms with Gasteiger partial charge in [-0.05, 0) is 42.0 Å². The number of fused-ring (bicyclic) bond motifs is 2. The number of aliphatic hydroxyl groups is 2. The fraction of sp³-hybridized carbons (Fsp3) is 0.235. The Hall–Kier alpha value is -5.90. The van der Waals surface area contributed by atoms with Gasteiger partial charge in [0.05, 0.1) is 6.10 Å². The van der Waals surface area contributed by atoms with Gasteiger partial charge in [0.1, 0.15) is 52.8 Å². The molecular formula is C34H33NO14. The van der Waals surface area contributed by atoms with Gasteiger partial charge in [-0.3, -0.25) is 9.59 Å². The Morgan fingerprint density at radius 1 is 0.735 bits per heavy atom. The largest absolute Gasteiger partial charge is 0.504 e. The summed E-state index contributed by atoms with van der Waals surface area (Å²) >= 11 is 0. The van der Waals surface area contributed by atoms with Gasteiger partial charge in [-0.2, -0.15) is 0 Å². The minimum atomic E-state index is -1.39. The average Bonchev–Trinajstić information content (AvgIpc) is 3.06. The van der Waals surface area contributed by atoms with Crippen LogP contribution in [-0.2, 0) is 0 Å². The van der Waals surface area contributed by atoms with Gasteiger partial charge in [-0.25, -0.2) is 9.59 Å². The van der Waals surface area contributed by atoms with Crippen LogP contribution in [0.2, 0.25) is 0 Å². The molecule has 1 unspecified atom stereocenters. The van der Waals surface area contributed by atoms with Crippen molar-refractivity contribution in [1.82, 2.24) is 5.32 Å². The second kappa shape index (κ2) is 15.8. The molecule has 5 aromatic rings. The summed E-state index contributed by atoms with van der Waals surface area (Å²) in [7, 11) is 0.